The fourth-order valence-corrected chi connectivity index (χ4v) is 3.81. The van der Waals surface area contributed by atoms with Crippen molar-refractivity contribution < 1.29 is 13.9 Å². The SMILES string of the molecule is CCn1c(COc2ccc(C(C)C)cc2)nnc1SCC(=O)Nc1cc(F)ccc1C. The number of aromatic nitrogens is 3. The molecule has 0 aliphatic rings. The van der Waals surface area contributed by atoms with E-state index in [1.165, 1.54) is 29.5 Å². The lowest BCUT2D eigenvalue weighted by molar-refractivity contribution is -0.113. The normalized spacial score (nSPS) is 11.0. The van der Waals surface area contributed by atoms with Gasteiger partial charge in [0.15, 0.2) is 11.0 Å². The molecule has 0 aliphatic heterocycles. The molecule has 164 valence electrons. The summed E-state index contributed by atoms with van der Waals surface area (Å²) in [5.74, 6) is 1.47. The molecule has 1 heterocycles. The highest BCUT2D eigenvalue weighted by atomic mass is 32.2. The highest BCUT2D eigenvalue weighted by Crippen LogP contribution is 2.22. The number of nitrogens with one attached hydrogen (secondary N) is 1. The number of nitrogens with zero attached hydrogens (tertiary/aromatic N) is 3. The Labute approximate surface area is 186 Å². The largest absolute Gasteiger partial charge is 0.486 e. The predicted octanol–water partition coefficient (Wildman–Crippen LogP) is 5.18. The van der Waals surface area contributed by atoms with Gasteiger partial charge < -0.3 is 14.6 Å². The molecule has 3 rings (SSSR count). The van der Waals surface area contributed by atoms with Gasteiger partial charge in [-0.3, -0.25) is 4.79 Å². The number of aryl methyl sites for hydroxylation is 1. The molecule has 0 spiro atoms. The maximum absolute atomic E-state index is 13.4. The Morgan fingerprint density at radius 3 is 2.61 bits per heavy atom. The molecular formula is C23H27FN4O2S. The van der Waals surface area contributed by atoms with Gasteiger partial charge in [0.25, 0.3) is 0 Å². The second kappa shape index (κ2) is 10.4. The number of hydrogen-bond acceptors (Lipinski definition) is 5. The fourth-order valence-electron chi connectivity index (χ4n) is 2.99. The Morgan fingerprint density at radius 2 is 1.94 bits per heavy atom. The first kappa shape index (κ1) is 22.8. The lowest BCUT2D eigenvalue weighted by Gasteiger charge is -2.11. The predicted molar refractivity (Wildman–Crippen MR) is 121 cm³/mol. The summed E-state index contributed by atoms with van der Waals surface area (Å²) in [6.07, 6.45) is 0. The molecular weight excluding hydrogens is 415 g/mol. The average molecular weight is 443 g/mol. The third kappa shape index (κ3) is 6.07. The van der Waals surface area contributed by atoms with E-state index in [0.717, 1.165) is 11.3 Å². The van der Waals surface area contributed by atoms with E-state index in [1.807, 2.05) is 30.5 Å². The Morgan fingerprint density at radius 1 is 1.19 bits per heavy atom. The van der Waals surface area contributed by atoms with Gasteiger partial charge in [0, 0.05) is 12.2 Å². The number of halogens is 1. The third-order valence-electron chi connectivity index (χ3n) is 4.83. The van der Waals surface area contributed by atoms with Crippen molar-refractivity contribution in [1.82, 2.24) is 14.8 Å². The second-order valence-electron chi connectivity index (χ2n) is 7.45. The zero-order valence-corrected chi connectivity index (χ0v) is 19.0. The van der Waals surface area contributed by atoms with Crippen molar-refractivity contribution in [2.45, 2.75) is 51.9 Å². The minimum atomic E-state index is -0.386. The van der Waals surface area contributed by atoms with Crippen LogP contribution < -0.4 is 10.1 Å². The van der Waals surface area contributed by atoms with E-state index in [2.05, 4.69) is 41.5 Å². The molecule has 31 heavy (non-hydrogen) atoms. The fraction of sp³-hybridized carbons (Fsp3) is 0.348. The summed E-state index contributed by atoms with van der Waals surface area (Å²) in [4.78, 5) is 12.3. The quantitative estimate of drug-likeness (QED) is 0.463. The van der Waals surface area contributed by atoms with Gasteiger partial charge in [-0.1, -0.05) is 43.8 Å². The van der Waals surface area contributed by atoms with Crippen molar-refractivity contribution in [3.8, 4) is 5.75 Å². The lowest BCUT2D eigenvalue weighted by atomic mass is 10.0. The summed E-state index contributed by atoms with van der Waals surface area (Å²) in [5.41, 5.74) is 2.53. The van der Waals surface area contributed by atoms with E-state index >= 15 is 0 Å². The summed E-state index contributed by atoms with van der Waals surface area (Å²) in [7, 11) is 0. The number of thioether (sulfide) groups is 1. The Bertz CT molecular complexity index is 1030. The zero-order chi connectivity index (χ0) is 22.4. The first-order valence-corrected chi connectivity index (χ1v) is 11.2. The van der Waals surface area contributed by atoms with Crippen LogP contribution in [0.4, 0.5) is 10.1 Å². The molecule has 0 saturated carbocycles. The van der Waals surface area contributed by atoms with Crippen LogP contribution in [0.1, 0.15) is 43.6 Å². The summed E-state index contributed by atoms with van der Waals surface area (Å²) in [6, 6.07) is 12.3. The van der Waals surface area contributed by atoms with Crippen LogP contribution in [0.15, 0.2) is 47.6 Å². The van der Waals surface area contributed by atoms with Crippen molar-refractivity contribution >= 4 is 23.4 Å². The molecule has 2 aromatic carbocycles. The van der Waals surface area contributed by atoms with Gasteiger partial charge in [0.1, 0.15) is 18.2 Å². The summed E-state index contributed by atoms with van der Waals surface area (Å²) in [5, 5.41) is 11.8. The lowest BCUT2D eigenvalue weighted by Crippen LogP contribution is -2.15. The minimum Gasteiger partial charge on any atom is -0.486 e. The third-order valence-corrected chi connectivity index (χ3v) is 5.80. The van der Waals surface area contributed by atoms with E-state index in [4.69, 9.17) is 4.74 Å². The van der Waals surface area contributed by atoms with Crippen LogP contribution in [0.2, 0.25) is 0 Å². The topological polar surface area (TPSA) is 69.0 Å². The molecule has 0 radical (unpaired) electrons. The molecule has 0 bridgehead atoms. The van der Waals surface area contributed by atoms with Gasteiger partial charge in [-0.15, -0.1) is 10.2 Å². The van der Waals surface area contributed by atoms with Crippen molar-refractivity contribution in [1.29, 1.82) is 0 Å². The molecule has 6 nitrogen and oxygen atoms in total. The van der Waals surface area contributed by atoms with E-state index in [-0.39, 0.29) is 24.1 Å². The maximum atomic E-state index is 13.4. The van der Waals surface area contributed by atoms with Gasteiger partial charge >= 0.3 is 0 Å². The summed E-state index contributed by atoms with van der Waals surface area (Å²) >= 11 is 1.28. The number of anilines is 1. The first-order valence-electron chi connectivity index (χ1n) is 10.2. The number of amides is 1. The van der Waals surface area contributed by atoms with Gasteiger partial charge in [-0.2, -0.15) is 0 Å². The molecule has 3 aromatic rings. The molecule has 0 saturated heterocycles. The van der Waals surface area contributed by atoms with E-state index in [9.17, 15) is 9.18 Å². The van der Waals surface area contributed by atoms with Crippen LogP contribution in [0.25, 0.3) is 0 Å². The van der Waals surface area contributed by atoms with E-state index in [1.54, 1.807) is 6.07 Å². The van der Waals surface area contributed by atoms with Crippen LogP contribution in [-0.4, -0.2) is 26.4 Å². The van der Waals surface area contributed by atoms with Crippen LogP contribution >= 0.6 is 11.8 Å². The van der Waals surface area contributed by atoms with Crippen molar-refractivity contribution in [3.63, 3.8) is 0 Å². The Balaban J connectivity index is 1.58. The van der Waals surface area contributed by atoms with Gasteiger partial charge in [0.2, 0.25) is 5.91 Å². The number of hydrogen-bond donors (Lipinski definition) is 1. The number of carbonyl (C=O) groups is 1. The standard InChI is InChI=1S/C23H27FN4O2S/c1-5-28-21(13-30-19-10-7-17(8-11-19)15(2)3)26-27-23(28)31-14-22(29)25-20-12-18(24)9-6-16(20)4/h6-12,15H,5,13-14H2,1-4H3,(H,25,29). The van der Waals surface area contributed by atoms with Crippen LogP contribution in [0, 0.1) is 12.7 Å². The van der Waals surface area contributed by atoms with Crippen LogP contribution in [0.5, 0.6) is 5.75 Å². The minimum absolute atomic E-state index is 0.144. The molecule has 8 heteroatoms. The number of carbonyl (C=O) groups excluding carboxylic acids is 1. The second-order valence-corrected chi connectivity index (χ2v) is 8.39. The molecule has 0 atom stereocenters. The first-order chi connectivity index (χ1) is 14.9. The number of rotatable bonds is 9. The number of ether oxygens (including phenoxy) is 1. The summed E-state index contributed by atoms with van der Waals surface area (Å²) < 4.78 is 21.2. The van der Waals surface area contributed by atoms with Crippen molar-refractivity contribution in [2.75, 3.05) is 11.1 Å². The molecule has 0 aliphatic carbocycles. The molecule has 0 unspecified atom stereocenters. The smallest absolute Gasteiger partial charge is 0.234 e. The molecule has 1 N–H and O–H groups in total. The maximum Gasteiger partial charge on any atom is 0.234 e. The van der Waals surface area contributed by atoms with Gasteiger partial charge in [0.05, 0.1) is 5.75 Å². The van der Waals surface area contributed by atoms with Crippen LogP contribution in [-0.2, 0) is 17.9 Å². The van der Waals surface area contributed by atoms with Crippen molar-refractivity contribution in [2.24, 2.45) is 0 Å². The monoisotopic (exact) mass is 442 g/mol. The average Bonchev–Trinajstić information content (AvgIpc) is 3.15. The Kier molecular flexibility index (Phi) is 7.68. The van der Waals surface area contributed by atoms with Crippen LogP contribution in [0.3, 0.4) is 0 Å². The highest BCUT2D eigenvalue weighted by molar-refractivity contribution is 7.99. The Hall–Kier alpha value is -2.87. The van der Waals surface area contributed by atoms with Crippen molar-refractivity contribution in [3.05, 3.63) is 65.2 Å². The summed E-state index contributed by atoms with van der Waals surface area (Å²) in [6.45, 7) is 9.06. The number of benzene rings is 2. The van der Waals surface area contributed by atoms with Gasteiger partial charge in [-0.25, -0.2) is 4.39 Å². The molecule has 1 aromatic heterocycles. The van der Waals surface area contributed by atoms with E-state index in [0.29, 0.717) is 29.1 Å². The van der Waals surface area contributed by atoms with E-state index < -0.39 is 0 Å². The van der Waals surface area contributed by atoms with Gasteiger partial charge in [-0.05, 0) is 55.2 Å². The zero-order valence-electron chi connectivity index (χ0n) is 18.2. The molecule has 1 amide bonds. The molecule has 0 fully saturated rings. The highest BCUT2D eigenvalue weighted by Gasteiger charge is 2.14.